The molecule has 1 rings (SSSR count). The first kappa shape index (κ1) is 22.2. The summed E-state index contributed by atoms with van der Waals surface area (Å²) in [5, 5.41) is 6.47. The van der Waals surface area contributed by atoms with Crippen LogP contribution in [-0.2, 0) is 6.54 Å². The zero-order valence-electron chi connectivity index (χ0n) is 16.1. The van der Waals surface area contributed by atoms with Crippen molar-refractivity contribution >= 4 is 5.96 Å². The van der Waals surface area contributed by atoms with Gasteiger partial charge in [-0.1, -0.05) is 32.0 Å². The van der Waals surface area contributed by atoms with Crippen LogP contribution in [-0.4, -0.2) is 50.2 Å². The normalized spacial score (nSPS) is 11.9. The van der Waals surface area contributed by atoms with E-state index in [0.29, 0.717) is 11.5 Å². The molecule has 0 saturated heterocycles. The second-order valence-electron chi connectivity index (χ2n) is 5.84. The van der Waals surface area contributed by atoms with Crippen LogP contribution in [0.15, 0.2) is 29.3 Å². The summed E-state index contributed by atoms with van der Waals surface area (Å²) in [5.41, 5.74) is 0.631. The summed E-state index contributed by atoms with van der Waals surface area (Å²) in [7, 11) is 0. The van der Waals surface area contributed by atoms with Gasteiger partial charge in [-0.2, -0.15) is 8.78 Å². The number of alkyl halides is 2. The van der Waals surface area contributed by atoms with Gasteiger partial charge >= 0.3 is 6.61 Å². The van der Waals surface area contributed by atoms with Gasteiger partial charge in [0.1, 0.15) is 5.75 Å². The number of ether oxygens (including phenoxy) is 1. The Labute approximate surface area is 155 Å². The maximum atomic E-state index is 12.5. The van der Waals surface area contributed by atoms with Crippen LogP contribution in [0.1, 0.15) is 39.2 Å². The third-order valence-electron chi connectivity index (χ3n) is 4.03. The molecule has 5 nitrogen and oxygen atoms in total. The average Bonchev–Trinajstić information content (AvgIpc) is 2.63. The van der Waals surface area contributed by atoms with E-state index in [1.807, 2.05) is 6.92 Å². The maximum Gasteiger partial charge on any atom is 0.387 e. The topological polar surface area (TPSA) is 48.9 Å². The quantitative estimate of drug-likeness (QED) is 0.336. The zero-order chi connectivity index (χ0) is 19.2. The first-order valence-electron chi connectivity index (χ1n) is 9.37. The Bertz CT molecular complexity index is 522. The minimum Gasteiger partial charge on any atom is -0.434 e. The van der Waals surface area contributed by atoms with Crippen molar-refractivity contribution in [2.45, 2.75) is 46.8 Å². The highest BCUT2D eigenvalue weighted by Gasteiger charge is 2.09. The standard InChI is InChI=1S/C19H32F2N4O/c1-4-22-19(23-13-9-10-14-25(5-2)6-3)24-15-16-11-7-8-12-17(16)26-18(20)21/h7-8,11-12,18H,4-6,9-10,13-15H2,1-3H3,(H2,22,23,24). The fraction of sp³-hybridized carbons (Fsp3) is 0.632. The van der Waals surface area contributed by atoms with Gasteiger partial charge in [0, 0.05) is 18.7 Å². The molecule has 0 heterocycles. The van der Waals surface area contributed by atoms with Gasteiger partial charge in [0.15, 0.2) is 5.96 Å². The van der Waals surface area contributed by atoms with Gasteiger partial charge in [0.25, 0.3) is 0 Å². The second-order valence-corrected chi connectivity index (χ2v) is 5.84. The number of rotatable bonds is 12. The number of nitrogens with one attached hydrogen (secondary N) is 2. The molecule has 0 aliphatic rings. The Balaban J connectivity index is 2.51. The number of halogens is 2. The molecule has 0 aliphatic carbocycles. The molecule has 0 unspecified atom stereocenters. The van der Waals surface area contributed by atoms with Gasteiger partial charge in [0.05, 0.1) is 6.54 Å². The number of para-hydroxylation sites is 1. The zero-order valence-corrected chi connectivity index (χ0v) is 16.1. The van der Waals surface area contributed by atoms with Gasteiger partial charge in [-0.3, -0.25) is 0 Å². The van der Waals surface area contributed by atoms with Crippen LogP contribution in [0.5, 0.6) is 5.75 Å². The number of benzene rings is 1. The summed E-state index contributed by atoms with van der Waals surface area (Å²) in [4.78, 5) is 6.88. The third kappa shape index (κ3) is 8.99. The Morgan fingerprint density at radius 2 is 1.85 bits per heavy atom. The molecule has 7 heteroatoms. The van der Waals surface area contributed by atoms with Crippen LogP contribution in [0.4, 0.5) is 8.78 Å². The molecule has 0 amide bonds. The van der Waals surface area contributed by atoms with Crippen LogP contribution in [0.3, 0.4) is 0 Å². The minimum absolute atomic E-state index is 0.168. The summed E-state index contributed by atoms with van der Waals surface area (Å²) in [6, 6.07) is 6.74. The van der Waals surface area contributed by atoms with Crippen molar-refractivity contribution in [3.05, 3.63) is 29.8 Å². The molecule has 2 N–H and O–H groups in total. The average molecular weight is 370 g/mol. The lowest BCUT2D eigenvalue weighted by Crippen LogP contribution is -2.38. The summed E-state index contributed by atoms with van der Waals surface area (Å²) < 4.78 is 29.5. The highest BCUT2D eigenvalue weighted by Crippen LogP contribution is 2.20. The van der Waals surface area contributed by atoms with Gasteiger partial charge in [-0.25, -0.2) is 4.99 Å². The van der Waals surface area contributed by atoms with E-state index in [1.165, 1.54) is 6.07 Å². The fourth-order valence-corrected chi connectivity index (χ4v) is 2.56. The number of nitrogens with zero attached hydrogens (tertiary/aromatic N) is 2. The van der Waals surface area contributed by atoms with Crippen molar-refractivity contribution in [1.29, 1.82) is 0 Å². The number of unbranched alkanes of at least 4 members (excludes halogenated alkanes) is 1. The molecular weight excluding hydrogens is 338 g/mol. The monoisotopic (exact) mass is 370 g/mol. The van der Waals surface area contributed by atoms with E-state index in [9.17, 15) is 8.78 Å². The molecule has 26 heavy (non-hydrogen) atoms. The molecule has 148 valence electrons. The summed E-state index contributed by atoms with van der Waals surface area (Å²) in [6.45, 7) is 8.59. The molecule has 0 fully saturated rings. The van der Waals surface area contributed by atoms with Crippen molar-refractivity contribution in [2.75, 3.05) is 32.7 Å². The Morgan fingerprint density at radius 1 is 1.12 bits per heavy atom. The molecule has 0 aromatic heterocycles. The van der Waals surface area contributed by atoms with Crippen LogP contribution >= 0.6 is 0 Å². The van der Waals surface area contributed by atoms with Crippen molar-refractivity contribution in [2.24, 2.45) is 4.99 Å². The Morgan fingerprint density at radius 3 is 2.50 bits per heavy atom. The maximum absolute atomic E-state index is 12.5. The van der Waals surface area contributed by atoms with E-state index >= 15 is 0 Å². The lowest BCUT2D eigenvalue weighted by Gasteiger charge is -2.18. The van der Waals surface area contributed by atoms with Gasteiger partial charge in [-0.15, -0.1) is 0 Å². The number of hydrogen-bond acceptors (Lipinski definition) is 3. The molecule has 0 atom stereocenters. The van der Waals surface area contributed by atoms with E-state index in [4.69, 9.17) is 0 Å². The predicted octanol–water partition coefficient (Wildman–Crippen LogP) is 3.47. The van der Waals surface area contributed by atoms with Crippen molar-refractivity contribution in [3.63, 3.8) is 0 Å². The predicted molar refractivity (Wildman–Crippen MR) is 103 cm³/mol. The van der Waals surface area contributed by atoms with Gasteiger partial charge in [0.2, 0.25) is 0 Å². The number of guanidine groups is 1. The van der Waals surface area contributed by atoms with Crippen LogP contribution in [0, 0.1) is 0 Å². The fourth-order valence-electron chi connectivity index (χ4n) is 2.56. The number of aliphatic imine (C=N–C) groups is 1. The highest BCUT2D eigenvalue weighted by atomic mass is 19.3. The molecule has 0 saturated carbocycles. The van der Waals surface area contributed by atoms with Crippen LogP contribution < -0.4 is 15.4 Å². The van der Waals surface area contributed by atoms with Crippen LogP contribution in [0.2, 0.25) is 0 Å². The molecule has 0 radical (unpaired) electrons. The summed E-state index contributed by atoms with van der Waals surface area (Å²) >= 11 is 0. The van der Waals surface area contributed by atoms with Crippen molar-refractivity contribution in [1.82, 2.24) is 15.5 Å². The van der Waals surface area contributed by atoms with E-state index in [-0.39, 0.29) is 12.3 Å². The Kier molecular flexibility index (Phi) is 11.4. The third-order valence-corrected chi connectivity index (χ3v) is 4.03. The first-order valence-corrected chi connectivity index (χ1v) is 9.37. The highest BCUT2D eigenvalue weighted by molar-refractivity contribution is 5.79. The largest absolute Gasteiger partial charge is 0.434 e. The van der Waals surface area contributed by atoms with E-state index in [0.717, 1.165) is 45.6 Å². The second kappa shape index (κ2) is 13.3. The minimum atomic E-state index is -2.84. The molecule has 0 aliphatic heterocycles. The molecule has 0 spiro atoms. The van der Waals surface area contributed by atoms with Crippen LogP contribution in [0.25, 0.3) is 0 Å². The van der Waals surface area contributed by atoms with Crippen molar-refractivity contribution < 1.29 is 13.5 Å². The summed E-state index contributed by atoms with van der Waals surface area (Å²) in [5.74, 6) is 0.850. The van der Waals surface area contributed by atoms with Crippen molar-refractivity contribution in [3.8, 4) is 5.75 Å². The van der Waals surface area contributed by atoms with Gasteiger partial charge in [-0.05, 0) is 45.5 Å². The molecule has 1 aromatic rings. The van der Waals surface area contributed by atoms with Gasteiger partial charge < -0.3 is 20.3 Å². The molecule has 0 bridgehead atoms. The lowest BCUT2D eigenvalue weighted by atomic mass is 10.2. The van der Waals surface area contributed by atoms with E-state index in [2.05, 4.69) is 39.1 Å². The smallest absolute Gasteiger partial charge is 0.387 e. The van der Waals surface area contributed by atoms with E-state index in [1.54, 1.807) is 18.2 Å². The lowest BCUT2D eigenvalue weighted by molar-refractivity contribution is -0.0504. The molecule has 1 aromatic carbocycles. The Hall–Kier alpha value is -1.89. The summed E-state index contributed by atoms with van der Waals surface area (Å²) in [6.07, 6.45) is 2.17. The SMILES string of the molecule is CCNC(=NCc1ccccc1OC(F)F)NCCCCN(CC)CC. The molecular formula is C19H32F2N4O. The first-order chi connectivity index (χ1) is 12.6. The van der Waals surface area contributed by atoms with E-state index < -0.39 is 6.61 Å². The number of hydrogen-bond donors (Lipinski definition) is 2.